The molecule has 78 valence electrons. The largest absolute Gasteiger partial charge is 0.326 e. The fourth-order valence-electron chi connectivity index (χ4n) is 1.23. The molecule has 0 spiro atoms. The van der Waals surface area contributed by atoms with Crippen molar-refractivity contribution in [1.29, 1.82) is 0 Å². The average molecular weight is 236 g/mol. The number of nitrogens with two attached hydrogens (primary N) is 1. The van der Waals surface area contributed by atoms with Crippen LogP contribution in [0.25, 0.3) is 0 Å². The van der Waals surface area contributed by atoms with E-state index in [1.807, 2.05) is 23.5 Å². The van der Waals surface area contributed by atoms with E-state index in [0.717, 1.165) is 5.75 Å². The Morgan fingerprint density at radius 2 is 2.33 bits per heavy atom. The van der Waals surface area contributed by atoms with E-state index in [4.69, 9.17) is 5.73 Å². The smallest absolute Gasteiger partial charge is 0.0794 e. The Labute approximate surface area is 97.5 Å². The van der Waals surface area contributed by atoms with Crippen molar-refractivity contribution in [2.24, 2.45) is 5.73 Å². The lowest BCUT2D eigenvalue weighted by atomic mass is 10.2. The lowest BCUT2D eigenvalue weighted by Gasteiger charge is -2.01. The molecule has 0 radical (unpaired) electrons. The molecule has 0 unspecified atom stereocenters. The van der Waals surface area contributed by atoms with Gasteiger partial charge in [-0.15, -0.1) is 23.1 Å². The van der Waals surface area contributed by atoms with Gasteiger partial charge in [0.05, 0.1) is 5.51 Å². The van der Waals surface area contributed by atoms with Crippen LogP contribution in [0.3, 0.4) is 0 Å². The van der Waals surface area contributed by atoms with Crippen LogP contribution in [0.15, 0.2) is 40.9 Å². The molecule has 2 aromatic rings. The van der Waals surface area contributed by atoms with Gasteiger partial charge < -0.3 is 5.73 Å². The van der Waals surface area contributed by atoms with E-state index < -0.39 is 0 Å². The highest BCUT2D eigenvalue weighted by Crippen LogP contribution is 2.24. The minimum Gasteiger partial charge on any atom is -0.326 e. The van der Waals surface area contributed by atoms with Crippen LogP contribution in [0.2, 0.25) is 0 Å². The number of aromatic nitrogens is 1. The van der Waals surface area contributed by atoms with Gasteiger partial charge in [-0.2, -0.15) is 0 Å². The second-order valence-corrected chi connectivity index (χ2v) is 5.13. The van der Waals surface area contributed by atoms with Crippen LogP contribution in [-0.2, 0) is 12.3 Å². The predicted molar refractivity (Wildman–Crippen MR) is 66.0 cm³/mol. The van der Waals surface area contributed by atoms with Crippen molar-refractivity contribution in [1.82, 2.24) is 4.98 Å². The molecule has 4 heteroatoms. The summed E-state index contributed by atoms with van der Waals surface area (Å²) in [5.74, 6) is 0.985. The molecule has 0 saturated heterocycles. The molecule has 0 fully saturated rings. The van der Waals surface area contributed by atoms with Crippen LogP contribution >= 0.6 is 23.1 Å². The molecular weight excluding hydrogens is 224 g/mol. The summed E-state index contributed by atoms with van der Waals surface area (Å²) in [5, 5.41) is 0. The highest BCUT2D eigenvalue weighted by atomic mass is 32.2. The third-order valence-electron chi connectivity index (χ3n) is 2.00. The molecule has 0 atom stereocenters. The molecule has 2 rings (SSSR count). The molecule has 2 N–H and O–H groups in total. The number of hydrogen-bond donors (Lipinski definition) is 1. The Hall–Kier alpha value is -0.840. The van der Waals surface area contributed by atoms with E-state index in [2.05, 4.69) is 29.2 Å². The topological polar surface area (TPSA) is 38.9 Å². The van der Waals surface area contributed by atoms with Crippen molar-refractivity contribution in [2.75, 3.05) is 0 Å². The Morgan fingerprint density at radius 3 is 3.07 bits per heavy atom. The van der Waals surface area contributed by atoms with E-state index in [-0.39, 0.29) is 0 Å². The zero-order valence-electron chi connectivity index (χ0n) is 8.22. The molecule has 0 amide bonds. The van der Waals surface area contributed by atoms with E-state index >= 15 is 0 Å². The Balaban J connectivity index is 1.98. The highest BCUT2D eigenvalue weighted by Gasteiger charge is 1.98. The van der Waals surface area contributed by atoms with Crippen molar-refractivity contribution in [2.45, 2.75) is 17.2 Å². The minimum atomic E-state index is 0.606. The fraction of sp³-hybridized carbons (Fsp3) is 0.182. The minimum absolute atomic E-state index is 0.606. The summed E-state index contributed by atoms with van der Waals surface area (Å²) in [4.78, 5) is 6.63. The van der Waals surface area contributed by atoms with Gasteiger partial charge in [-0.25, -0.2) is 0 Å². The normalized spacial score (nSPS) is 10.5. The number of thiazole rings is 1. The van der Waals surface area contributed by atoms with Crippen molar-refractivity contribution < 1.29 is 0 Å². The average Bonchev–Trinajstić information content (AvgIpc) is 2.79. The quantitative estimate of drug-likeness (QED) is 0.830. The molecular formula is C11H12N2S2. The lowest BCUT2D eigenvalue weighted by molar-refractivity contribution is 1.06. The maximum absolute atomic E-state index is 5.59. The van der Waals surface area contributed by atoms with Gasteiger partial charge >= 0.3 is 0 Å². The van der Waals surface area contributed by atoms with E-state index in [0.29, 0.717) is 6.54 Å². The fourth-order valence-corrected chi connectivity index (χ4v) is 2.85. The monoisotopic (exact) mass is 236 g/mol. The molecule has 0 aliphatic rings. The van der Waals surface area contributed by atoms with Crippen LogP contribution in [0.5, 0.6) is 0 Å². The second-order valence-electron chi connectivity index (χ2n) is 3.11. The summed E-state index contributed by atoms with van der Waals surface area (Å²) >= 11 is 3.52. The molecule has 0 aliphatic heterocycles. The number of nitrogens with zero attached hydrogens (tertiary/aromatic N) is 1. The van der Waals surface area contributed by atoms with Crippen molar-refractivity contribution in [3.63, 3.8) is 0 Å². The van der Waals surface area contributed by atoms with Gasteiger partial charge in [-0.1, -0.05) is 12.1 Å². The zero-order chi connectivity index (χ0) is 10.5. The van der Waals surface area contributed by atoms with Gasteiger partial charge in [0.2, 0.25) is 0 Å². The van der Waals surface area contributed by atoms with Crippen molar-refractivity contribution in [3.8, 4) is 0 Å². The molecule has 1 heterocycles. The summed E-state index contributed by atoms with van der Waals surface area (Å²) in [6.45, 7) is 0.606. The predicted octanol–water partition coefficient (Wildman–Crippen LogP) is 2.89. The maximum Gasteiger partial charge on any atom is 0.0794 e. The SMILES string of the molecule is NCc1cccc(SCc2cncs2)c1. The first-order valence-corrected chi connectivity index (χ1v) is 6.54. The number of benzene rings is 1. The second kappa shape index (κ2) is 5.30. The number of rotatable bonds is 4. The first-order valence-electron chi connectivity index (χ1n) is 4.67. The van der Waals surface area contributed by atoms with Gasteiger partial charge in [0, 0.05) is 28.3 Å². The molecule has 2 nitrogen and oxygen atoms in total. The first-order chi connectivity index (χ1) is 7.38. The summed E-state index contributed by atoms with van der Waals surface area (Å²) < 4.78 is 0. The standard InChI is InChI=1S/C11H12N2S2/c12-5-9-2-1-3-10(4-9)14-7-11-6-13-8-15-11/h1-4,6,8H,5,7,12H2. The molecule has 15 heavy (non-hydrogen) atoms. The van der Waals surface area contributed by atoms with E-state index in [1.165, 1.54) is 15.3 Å². The highest BCUT2D eigenvalue weighted by molar-refractivity contribution is 7.98. The van der Waals surface area contributed by atoms with E-state index in [1.54, 1.807) is 11.3 Å². The van der Waals surface area contributed by atoms with Gasteiger partial charge in [0.25, 0.3) is 0 Å². The van der Waals surface area contributed by atoms with Gasteiger partial charge in [-0.05, 0) is 17.7 Å². The Kier molecular flexibility index (Phi) is 3.77. The molecule has 1 aromatic carbocycles. The van der Waals surface area contributed by atoms with Crippen LogP contribution in [0.1, 0.15) is 10.4 Å². The number of thioether (sulfide) groups is 1. The maximum atomic E-state index is 5.59. The molecule has 1 aromatic heterocycles. The molecule has 0 bridgehead atoms. The van der Waals surface area contributed by atoms with E-state index in [9.17, 15) is 0 Å². The third-order valence-corrected chi connectivity index (χ3v) is 4.00. The van der Waals surface area contributed by atoms with Crippen LogP contribution in [-0.4, -0.2) is 4.98 Å². The Morgan fingerprint density at radius 1 is 1.40 bits per heavy atom. The molecule has 0 saturated carbocycles. The third kappa shape index (κ3) is 3.06. The van der Waals surface area contributed by atoms with Crippen LogP contribution in [0.4, 0.5) is 0 Å². The zero-order valence-corrected chi connectivity index (χ0v) is 9.85. The summed E-state index contributed by atoms with van der Waals surface area (Å²) in [6.07, 6.45) is 1.92. The summed E-state index contributed by atoms with van der Waals surface area (Å²) in [5.41, 5.74) is 8.64. The lowest BCUT2D eigenvalue weighted by Crippen LogP contribution is -1.95. The number of hydrogen-bond acceptors (Lipinski definition) is 4. The van der Waals surface area contributed by atoms with Crippen molar-refractivity contribution >= 4 is 23.1 Å². The Bertz CT molecular complexity index is 412. The van der Waals surface area contributed by atoms with Gasteiger partial charge in [0.15, 0.2) is 0 Å². The van der Waals surface area contributed by atoms with Gasteiger partial charge in [0.1, 0.15) is 0 Å². The molecule has 0 aliphatic carbocycles. The van der Waals surface area contributed by atoms with Crippen LogP contribution in [0, 0.1) is 0 Å². The first kappa shape index (κ1) is 10.7. The van der Waals surface area contributed by atoms with Crippen LogP contribution < -0.4 is 5.73 Å². The van der Waals surface area contributed by atoms with Gasteiger partial charge in [-0.3, -0.25) is 4.98 Å². The van der Waals surface area contributed by atoms with Crippen molar-refractivity contribution in [3.05, 3.63) is 46.4 Å². The summed E-state index contributed by atoms with van der Waals surface area (Å²) in [7, 11) is 0. The summed E-state index contributed by atoms with van der Waals surface area (Å²) in [6, 6.07) is 8.37.